The molecule has 1 amide bonds. The van der Waals surface area contributed by atoms with Crippen LogP contribution in [0, 0.1) is 0 Å². The third-order valence-corrected chi connectivity index (χ3v) is 5.82. The summed E-state index contributed by atoms with van der Waals surface area (Å²) in [6.07, 6.45) is 5.57. The summed E-state index contributed by atoms with van der Waals surface area (Å²) >= 11 is 0. The minimum absolute atomic E-state index is 0.0862. The van der Waals surface area contributed by atoms with Gasteiger partial charge in [0, 0.05) is 19.1 Å². The lowest BCUT2D eigenvalue weighted by atomic mass is 9.83. The fourth-order valence-corrected chi connectivity index (χ4v) is 4.41. The molecule has 6 nitrogen and oxygen atoms in total. The Morgan fingerprint density at radius 2 is 1.80 bits per heavy atom. The molecule has 2 N–H and O–H groups in total. The molecular weight excluding hydrogens is 318 g/mol. The standard InChI is InChI=1S/C19H25N3O3/c23-17(19(25)10-4-1-5-11-19)21-12-8-14(9-13-21)22-16-7-3-2-6-15(16)20-18(22)24/h2-3,6-7,14,25H,1,4-5,8-13H2,(H,20,24). The number of piperidine rings is 1. The first-order chi connectivity index (χ1) is 12.1. The molecule has 4 rings (SSSR count). The SMILES string of the molecule is O=C(N1CCC(n2c(=O)[nH]c3ccccc32)CC1)C1(O)CCCCC1. The first kappa shape index (κ1) is 16.4. The van der Waals surface area contributed by atoms with Gasteiger partial charge in [0.1, 0.15) is 5.60 Å². The fraction of sp³-hybridized carbons (Fsp3) is 0.579. The maximum absolute atomic E-state index is 12.7. The van der Waals surface area contributed by atoms with Crippen molar-refractivity contribution in [2.75, 3.05) is 13.1 Å². The molecule has 6 heteroatoms. The number of fused-ring (bicyclic) bond motifs is 1. The molecule has 2 fully saturated rings. The molecule has 0 atom stereocenters. The van der Waals surface area contributed by atoms with E-state index in [4.69, 9.17) is 0 Å². The van der Waals surface area contributed by atoms with E-state index >= 15 is 0 Å². The molecule has 2 aromatic rings. The minimum atomic E-state index is -1.16. The summed E-state index contributed by atoms with van der Waals surface area (Å²) in [5.41, 5.74) is 0.519. The van der Waals surface area contributed by atoms with Crippen LogP contribution in [-0.4, -0.2) is 44.2 Å². The second-order valence-corrected chi connectivity index (χ2v) is 7.43. The Morgan fingerprint density at radius 3 is 2.52 bits per heavy atom. The summed E-state index contributed by atoms with van der Waals surface area (Å²) in [6.45, 7) is 1.19. The second-order valence-electron chi connectivity index (χ2n) is 7.43. The number of likely N-dealkylation sites (tertiary alicyclic amines) is 1. The van der Waals surface area contributed by atoms with E-state index in [9.17, 15) is 14.7 Å². The van der Waals surface area contributed by atoms with E-state index in [1.807, 2.05) is 28.8 Å². The van der Waals surface area contributed by atoms with Gasteiger partial charge in [-0.1, -0.05) is 31.4 Å². The molecule has 0 unspecified atom stereocenters. The highest BCUT2D eigenvalue weighted by Crippen LogP contribution is 2.32. The normalized spacial score (nSPS) is 21.6. The highest BCUT2D eigenvalue weighted by Gasteiger charge is 2.41. The quantitative estimate of drug-likeness (QED) is 0.877. The van der Waals surface area contributed by atoms with Crippen molar-refractivity contribution < 1.29 is 9.90 Å². The molecule has 25 heavy (non-hydrogen) atoms. The number of rotatable bonds is 2. The van der Waals surface area contributed by atoms with Crippen LogP contribution in [0.15, 0.2) is 29.1 Å². The number of para-hydroxylation sites is 2. The van der Waals surface area contributed by atoms with Crippen LogP contribution >= 0.6 is 0 Å². The maximum atomic E-state index is 12.7. The second kappa shape index (κ2) is 6.33. The molecule has 1 saturated carbocycles. The van der Waals surface area contributed by atoms with Gasteiger partial charge in [0.15, 0.2) is 0 Å². The van der Waals surface area contributed by atoms with Crippen molar-refractivity contribution in [2.24, 2.45) is 0 Å². The van der Waals surface area contributed by atoms with Gasteiger partial charge in [0.2, 0.25) is 0 Å². The monoisotopic (exact) mass is 343 g/mol. The summed E-state index contributed by atoms with van der Waals surface area (Å²) in [5, 5.41) is 10.7. The average molecular weight is 343 g/mol. The van der Waals surface area contributed by atoms with Crippen molar-refractivity contribution in [2.45, 2.75) is 56.6 Å². The topological polar surface area (TPSA) is 78.3 Å². The molecule has 0 bridgehead atoms. The van der Waals surface area contributed by atoms with E-state index in [0.29, 0.717) is 25.9 Å². The Morgan fingerprint density at radius 1 is 1.12 bits per heavy atom. The van der Waals surface area contributed by atoms with Crippen LogP contribution in [0.1, 0.15) is 51.0 Å². The summed E-state index contributed by atoms with van der Waals surface area (Å²) in [5.74, 6) is -0.114. The lowest BCUT2D eigenvalue weighted by Crippen LogP contribution is -2.52. The maximum Gasteiger partial charge on any atom is 0.326 e. The number of aromatic amines is 1. The third kappa shape index (κ3) is 2.88. The zero-order chi connectivity index (χ0) is 17.4. The molecule has 0 spiro atoms. The number of nitrogens with one attached hydrogen (secondary N) is 1. The number of carbonyl (C=O) groups is 1. The average Bonchev–Trinajstić information content (AvgIpc) is 2.97. The van der Waals surface area contributed by atoms with Crippen LogP contribution in [0.4, 0.5) is 0 Å². The number of nitrogens with zero attached hydrogens (tertiary/aromatic N) is 2. The van der Waals surface area contributed by atoms with Gasteiger partial charge in [0.05, 0.1) is 11.0 Å². The number of imidazole rings is 1. The van der Waals surface area contributed by atoms with E-state index in [0.717, 1.165) is 43.1 Å². The summed E-state index contributed by atoms with van der Waals surface area (Å²) in [6, 6.07) is 7.80. The lowest BCUT2D eigenvalue weighted by molar-refractivity contribution is -0.156. The smallest absolute Gasteiger partial charge is 0.326 e. The van der Waals surface area contributed by atoms with Gasteiger partial charge in [0.25, 0.3) is 5.91 Å². The molecule has 0 radical (unpaired) electrons. The van der Waals surface area contributed by atoms with Gasteiger partial charge in [-0.3, -0.25) is 9.36 Å². The molecule has 1 saturated heterocycles. The Labute approximate surface area is 146 Å². The fourth-order valence-electron chi connectivity index (χ4n) is 4.41. The number of H-pyrrole nitrogens is 1. The first-order valence-corrected chi connectivity index (χ1v) is 9.29. The van der Waals surface area contributed by atoms with Gasteiger partial charge >= 0.3 is 5.69 Å². The van der Waals surface area contributed by atoms with Gasteiger partial charge < -0.3 is 15.0 Å². The van der Waals surface area contributed by atoms with Gasteiger partial charge in [-0.05, 0) is 37.8 Å². The lowest BCUT2D eigenvalue weighted by Gasteiger charge is -2.39. The number of benzene rings is 1. The number of amides is 1. The van der Waals surface area contributed by atoms with E-state index < -0.39 is 5.60 Å². The van der Waals surface area contributed by atoms with Crippen molar-refractivity contribution in [1.29, 1.82) is 0 Å². The molecular formula is C19H25N3O3. The van der Waals surface area contributed by atoms with E-state index in [-0.39, 0.29) is 17.6 Å². The number of aliphatic hydroxyl groups is 1. The predicted molar refractivity (Wildman–Crippen MR) is 95.4 cm³/mol. The zero-order valence-corrected chi connectivity index (χ0v) is 14.4. The Kier molecular flexibility index (Phi) is 4.15. The summed E-state index contributed by atoms with van der Waals surface area (Å²) < 4.78 is 1.83. The number of aromatic nitrogens is 2. The van der Waals surface area contributed by atoms with Crippen LogP contribution < -0.4 is 5.69 Å². The summed E-state index contributed by atoms with van der Waals surface area (Å²) in [4.78, 5) is 29.8. The van der Waals surface area contributed by atoms with Gasteiger partial charge in [-0.25, -0.2) is 4.79 Å². The van der Waals surface area contributed by atoms with Crippen molar-refractivity contribution in [3.63, 3.8) is 0 Å². The molecule has 1 aliphatic carbocycles. The van der Waals surface area contributed by atoms with Crippen LogP contribution in [0.2, 0.25) is 0 Å². The highest BCUT2D eigenvalue weighted by atomic mass is 16.3. The Hall–Kier alpha value is -2.08. The zero-order valence-electron chi connectivity index (χ0n) is 14.4. The van der Waals surface area contributed by atoms with Crippen molar-refractivity contribution in [1.82, 2.24) is 14.5 Å². The van der Waals surface area contributed by atoms with E-state index in [1.165, 1.54) is 0 Å². The summed E-state index contributed by atoms with van der Waals surface area (Å²) in [7, 11) is 0. The van der Waals surface area contributed by atoms with E-state index in [1.54, 1.807) is 4.90 Å². The molecule has 2 aliphatic rings. The molecule has 1 aliphatic heterocycles. The largest absolute Gasteiger partial charge is 0.380 e. The van der Waals surface area contributed by atoms with Gasteiger partial charge in [-0.2, -0.15) is 0 Å². The van der Waals surface area contributed by atoms with Crippen molar-refractivity contribution in [3.8, 4) is 0 Å². The highest BCUT2D eigenvalue weighted by molar-refractivity contribution is 5.85. The van der Waals surface area contributed by atoms with Crippen molar-refractivity contribution >= 4 is 16.9 Å². The number of hydrogen-bond acceptors (Lipinski definition) is 3. The van der Waals surface area contributed by atoms with Crippen LogP contribution in [0.5, 0.6) is 0 Å². The Balaban J connectivity index is 1.49. The van der Waals surface area contributed by atoms with Crippen LogP contribution in [-0.2, 0) is 4.79 Å². The molecule has 2 heterocycles. The first-order valence-electron chi connectivity index (χ1n) is 9.29. The van der Waals surface area contributed by atoms with Crippen LogP contribution in [0.25, 0.3) is 11.0 Å². The molecule has 134 valence electrons. The minimum Gasteiger partial charge on any atom is -0.380 e. The third-order valence-electron chi connectivity index (χ3n) is 5.82. The number of carbonyl (C=O) groups excluding carboxylic acids is 1. The number of hydrogen-bond donors (Lipinski definition) is 2. The predicted octanol–water partition coefficient (Wildman–Crippen LogP) is 2.19. The van der Waals surface area contributed by atoms with Crippen molar-refractivity contribution in [3.05, 3.63) is 34.7 Å². The Bertz CT molecular complexity index is 824. The molecule has 1 aromatic heterocycles. The van der Waals surface area contributed by atoms with Crippen LogP contribution in [0.3, 0.4) is 0 Å². The van der Waals surface area contributed by atoms with E-state index in [2.05, 4.69) is 4.98 Å². The molecule has 1 aromatic carbocycles. The van der Waals surface area contributed by atoms with Gasteiger partial charge in [-0.15, -0.1) is 0 Å².